The maximum Gasteiger partial charge on any atom is 0.355 e. The Morgan fingerprint density at radius 2 is 2.27 bits per heavy atom. The molecule has 0 unspecified atom stereocenters. The Balaban J connectivity index is 3.49. The summed E-state index contributed by atoms with van der Waals surface area (Å²) in [4.78, 5) is 14.1. The van der Waals surface area contributed by atoms with E-state index in [1.165, 1.54) is 6.20 Å². The number of rotatable bonds is 3. The van der Waals surface area contributed by atoms with Gasteiger partial charge in [-0.2, -0.15) is 0 Å². The van der Waals surface area contributed by atoms with Crippen LogP contribution in [0.2, 0.25) is 0 Å². The minimum absolute atomic E-state index is 0.137. The van der Waals surface area contributed by atoms with E-state index in [0.717, 1.165) is 0 Å². The number of carboxylic acid groups (broad SMARTS) is 1. The van der Waals surface area contributed by atoms with E-state index in [-0.39, 0.29) is 12.1 Å². The summed E-state index contributed by atoms with van der Waals surface area (Å²) in [5, 5.41) is 8.69. The van der Waals surface area contributed by atoms with Gasteiger partial charge in [-0.1, -0.05) is 0 Å². The summed E-state index contributed by atoms with van der Waals surface area (Å²) in [6.07, 6.45) is -1.67. The molecule has 1 heterocycles. The van der Waals surface area contributed by atoms with Gasteiger partial charge in [-0.15, -0.1) is 0 Å². The molecule has 1 aromatic heterocycles. The topological polar surface area (TPSA) is 76.2 Å². The lowest BCUT2D eigenvalue weighted by molar-refractivity contribution is 0.0676. The van der Waals surface area contributed by atoms with Crippen molar-refractivity contribution in [2.45, 2.75) is 13.0 Å². The van der Waals surface area contributed by atoms with E-state index < -0.39 is 23.7 Å². The van der Waals surface area contributed by atoms with Gasteiger partial charge in [-0.3, -0.25) is 0 Å². The first kappa shape index (κ1) is 12.2. The van der Waals surface area contributed by atoms with Gasteiger partial charge in [0.25, 0.3) is 6.43 Å². The fraction of sp³-hybridized carbons (Fsp3) is 0.250. The van der Waals surface area contributed by atoms with Crippen molar-refractivity contribution in [1.82, 2.24) is 4.98 Å². The smallest absolute Gasteiger partial charge is 0.355 e. The van der Waals surface area contributed by atoms with Gasteiger partial charge < -0.3 is 10.8 Å². The molecule has 0 saturated heterocycles. The highest BCUT2D eigenvalue weighted by Crippen LogP contribution is 2.28. The van der Waals surface area contributed by atoms with Crippen LogP contribution in [-0.2, 0) is 6.54 Å². The molecule has 0 radical (unpaired) electrons. The van der Waals surface area contributed by atoms with Crippen molar-refractivity contribution < 1.29 is 18.7 Å². The van der Waals surface area contributed by atoms with E-state index >= 15 is 0 Å². The summed E-state index contributed by atoms with van der Waals surface area (Å²) in [6, 6.07) is 0. The predicted octanol–water partition coefficient (Wildman–Crippen LogP) is 1.78. The Bertz CT molecular complexity index is 398. The minimum atomic E-state index is -2.89. The Morgan fingerprint density at radius 1 is 1.67 bits per heavy atom. The molecule has 0 aliphatic rings. The lowest BCUT2D eigenvalue weighted by atomic mass is 10.1. The SMILES string of the molecule is NCc1c(I)cnc(C(=O)O)c1C(F)F. The molecule has 82 valence electrons. The van der Waals surface area contributed by atoms with Crippen molar-refractivity contribution in [2.75, 3.05) is 0 Å². The van der Waals surface area contributed by atoms with Crippen molar-refractivity contribution >= 4 is 28.6 Å². The number of nitrogens with zero attached hydrogens (tertiary/aromatic N) is 1. The molecule has 0 aromatic carbocycles. The number of hydrogen-bond donors (Lipinski definition) is 2. The highest BCUT2D eigenvalue weighted by molar-refractivity contribution is 14.1. The van der Waals surface area contributed by atoms with E-state index in [0.29, 0.717) is 3.57 Å². The molecule has 4 nitrogen and oxygen atoms in total. The number of alkyl halides is 2. The van der Waals surface area contributed by atoms with Gasteiger partial charge in [0.15, 0.2) is 5.69 Å². The van der Waals surface area contributed by atoms with Crippen molar-refractivity contribution in [3.63, 3.8) is 0 Å². The summed E-state index contributed by atoms with van der Waals surface area (Å²) >= 11 is 1.79. The van der Waals surface area contributed by atoms with Crippen molar-refractivity contribution in [3.05, 3.63) is 26.6 Å². The summed E-state index contributed by atoms with van der Waals surface area (Å²) in [5.74, 6) is -1.48. The summed E-state index contributed by atoms with van der Waals surface area (Å²) in [7, 11) is 0. The van der Waals surface area contributed by atoms with Crippen molar-refractivity contribution in [2.24, 2.45) is 5.73 Å². The quantitative estimate of drug-likeness (QED) is 0.830. The van der Waals surface area contributed by atoms with Crippen LogP contribution in [0.4, 0.5) is 8.78 Å². The summed E-state index contributed by atoms with van der Waals surface area (Å²) < 4.78 is 25.7. The van der Waals surface area contributed by atoms with Gasteiger partial charge in [-0.05, 0) is 28.2 Å². The van der Waals surface area contributed by atoms with Crippen LogP contribution in [-0.4, -0.2) is 16.1 Å². The molecule has 0 spiro atoms. The molecular weight excluding hydrogens is 321 g/mol. The van der Waals surface area contributed by atoms with E-state index in [1.807, 2.05) is 0 Å². The van der Waals surface area contributed by atoms with Crippen LogP contribution in [0.15, 0.2) is 6.20 Å². The molecule has 15 heavy (non-hydrogen) atoms. The van der Waals surface area contributed by atoms with Crippen LogP contribution in [0, 0.1) is 3.57 Å². The molecule has 3 N–H and O–H groups in total. The molecule has 0 fully saturated rings. The lowest BCUT2D eigenvalue weighted by Crippen LogP contribution is -2.13. The van der Waals surface area contributed by atoms with Gasteiger partial charge in [0.05, 0.1) is 5.56 Å². The van der Waals surface area contributed by atoms with Crippen LogP contribution in [0.25, 0.3) is 0 Å². The maximum atomic E-state index is 12.7. The molecule has 7 heteroatoms. The Kier molecular flexibility index (Phi) is 3.91. The van der Waals surface area contributed by atoms with Gasteiger partial charge in [0.2, 0.25) is 0 Å². The Labute approximate surface area is 97.6 Å². The van der Waals surface area contributed by atoms with Crippen LogP contribution in [0.3, 0.4) is 0 Å². The fourth-order valence-corrected chi connectivity index (χ4v) is 1.80. The molecule has 0 bridgehead atoms. The fourth-order valence-electron chi connectivity index (χ4n) is 1.15. The first-order valence-corrected chi connectivity index (χ1v) is 4.95. The number of aromatic carboxylic acids is 1. The van der Waals surface area contributed by atoms with Crippen molar-refractivity contribution in [1.29, 1.82) is 0 Å². The summed E-state index contributed by atoms with van der Waals surface area (Å²) in [5.41, 5.74) is 4.22. The van der Waals surface area contributed by atoms with Gasteiger partial charge >= 0.3 is 5.97 Å². The zero-order chi connectivity index (χ0) is 11.6. The number of carboxylic acids is 1. The second-order valence-corrected chi connectivity index (χ2v) is 3.82. The predicted molar refractivity (Wildman–Crippen MR) is 56.8 cm³/mol. The highest BCUT2D eigenvalue weighted by atomic mass is 127. The van der Waals surface area contributed by atoms with Gasteiger partial charge in [-0.25, -0.2) is 18.6 Å². The Hall–Kier alpha value is -0.830. The number of pyridine rings is 1. The molecular formula is C8H7F2IN2O2. The average Bonchev–Trinajstić information content (AvgIpc) is 2.16. The van der Waals surface area contributed by atoms with Gasteiger partial charge in [0.1, 0.15) is 0 Å². The summed E-state index contributed by atoms with van der Waals surface area (Å²) in [6.45, 7) is -0.138. The first-order valence-electron chi connectivity index (χ1n) is 3.87. The normalized spacial score (nSPS) is 10.7. The number of halogens is 3. The van der Waals surface area contributed by atoms with Crippen molar-refractivity contribution in [3.8, 4) is 0 Å². The first-order chi connectivity index (χ1) is 6.99. The number of aromatic nitrogens is 1. The van der Waals surface area contributed by atoms with Gasteiger partial charge in [0, 0.05) is 16.3 Å². The second-order valence-electron chi connectivity index (χ2n) is 2.66. The molecule has 1 rings (SSSR count). The molecule has 0 aliphatic heterocycles. The number of hydrogen-bond acceptors (Lipinski definition) is 3. The second kappa shape index (κ2) is 4.79. The number of nitrogens with two attached hydrogens (primary N) is 1. The minimum Gasteiger partial charge on any atom is -0.476 e. The molecule has 0 amide bonds. The van der Waals surface area contributed by atoms with Crippen LogP contribution >= 0.6 is 22.6 Å². The molecule has 0 aliphatic carbocycles. The largest absolute Gasteiger partial charge is 0.476 e. The zero-order valence-corrected chi connectivity index (χ0v) is 9.53. The lowest BCUT2D eigenvalue weighted by Gasteiger charge is -2.11. The molecule has 1 aromatic rings. The number of carbonyl (C=O) groups is 1. The Morgan fingerprint density at radius 3 is 2.67 bits per heavy atom. The standard InChI is InChI=1S/C8H7F2IN2O2/c9-7(10)5-3(1-12)4(11)2-13-6(5)8(14)15/h2,7H,1,12H2,(H,14,15). The van der Waals surface area contributed by atoms with E-state index in [4.69, 9.17) is 10.8 Å². The maximum absolute atomic E-state index is 12.7. The molecule has 0 saturated carbocycles. The van der Waals surface area contributed by atoms with E-state index in [9.17, 15) is 13.6 Å². The van der Waals surface area contributed by atoms with E-state index in [2.05, 4.69) is 4.98 Å². The monoisotopic (exact) mass is 328 g/mol. The third-order valence-corrected chi connectivity index (χ3v) is 2.73. The zero-order valence-electron chi connectivity index (χ0n) is 7.38. The third-order valence-electron chi connectivity index (χ3n) is 1.80. The van der Waals surface area contributed by atoms with Crippen LogP contribution in [0.5, 0.6) is 0 Å². The average molecular weight is 328 g/mol. The van der Waals surface area contributed by atoms with Crippen LogP contribution < -0.4 is 5.73 Å². The van der Waals surface area contributed by atoms with Crippen LogP contribution in [0.1, 0.15) is 28.0 Å². The van der Waals surface area contributed by atoms with E-state index in [1.54, 1.807) is 22.6 Å². The highest BCUT2D eigenvalue weighted by Gasteiger charge is 2.24. The third kappa shape index (κ3) is 2.40. The molecule has 0 atom stereocenters.